The van der Waals surface area contributed by atoms with Gasteiger partial charge in [0.2, 0.25) is 0 Å². The summed E-state index contributed by atoms with van der Waals surface area (Å²) in [6.45, 7) is 1.60. The highest BCUT2D eigenvalue weighted by atomic mass is 79.9. The van der Waals surface area contributed by atoms with Crippen molar-refractivity contribution in [1.29, 1.82) is 0 Å². The molecule has 2 aromatic rings. The first-order valence-electron chi connectivity index (χ1n) is 6.23. The third-order valence-corrected chi connectivity index (χ3v) is 5.67. The van der Waals surface area contributed by atoms with Crippen molar-refractivity contribution in [3.05, 3.63) is 62.6 Å². The molecule has 22 heavy (non-hydrogen) atoms. The topological polar surface area (TPSA) is 80.5 Å². The summed E-state index contributed by atoms with van der Waals surface area (Å²) in [6, 6.07) is 10.5. The summed E-state index contributed by atoms with van der Waals surface area (Å²) in [4.78, 5) is 10.2. The smallest absolute Gasteiger partial charge is 0.269 e. The molecular formula is C14H13BrN2O4S. The Hall–Kier alpha value is -1.93. The zero-order chi connectivity index (χ0) is 16.5. The van der Waals surface area contributed by atoms with Crippen molar-refractivity contribution in [2.75, 3.05) is 11.4 Å². The van der Waals surface area contributed by atoms with Gasteiger partial charge in [-0.2, -0.15) is 0 Å². The van der Waals surface area contributed by atoms with Crippen LogP contribution >= 0.6 is 15.9 Å². The van der Waals surface area contributed by atoms with Gasteiger partial charge >= 0.3 is 0 Å². The van der Waals surface area contributed by atoms with Gasteiger partial charge in [-0.05, 0) is 36.8 Å². The Labute approximate surface area is 136 Å². The van der Waals surface area contributed by atoms with Gasteiger partial charge in [0.25, 0.3) is 15.7 Å². The lowest BCUT2D eigenvalue weighted by atomic mass is 10.2. The van der Waals surface area contributed by atoms with E-state index in [0.717, 1.165) is 14.8 Å². The SMILES string of the molecule is Cc1ccc([N+](=O)[O-])cc1S(=O)(=O)N(C)c1ccc(Br)cc1. The number of aryl methyl sites for hydroxylation is 1. The molecule has 0 radical (unpaired) electrons. The lowest BCUT2D eigenvalue weighted by Gasteiger charge is -2.20. The van der Waals surface area contributed by atoms with Gasteiger partial charge < -0.3 is 0 Å². The quantitative estimate of drug-likeness (QED) is 0.596. The molecule has 0 aromatic heterocycles. The standard InChI is InChI=1S/C14H13BrN2O4S/c1-10-3-6-13(17(18)19)9-14(10)22(20,21)16(2)12-7-4-11(15)5-8-12/h3-9H,1-2H3. The Balaban J connectivity index is 2.52. The van der Waals surface area contributed by atoms with Crippen molar-refractivity contribution < 1.29 is 13.3 Å². The maximum atomic E-state index is 12.7. The van der Waals surface area contributed by atoms with Gasteiger partial charge in [-0.15, -0.1) is 0 Å². The molecule has 0 amide bonds. The number of anilines is 1. The van der Waals surface area contributed by atoms with Crippen LogP contribution in [-0.2, 0) is 10.0 Å². The molecule has 8 heteroatoms. The van der Waals surface area contributed by atoms with Crippen molar-refractivity contribution in [2.45, 2.75) is 11.8 Å². The number of nitro benzene ring substituents is 1. The Bertz CT molecular complexity index is 819. The monoisotopic (exact) mass is 384 g/mol. The van der Waals surface area contributed by atoms with Crippen LogP contribution in [0.1, 0.15) is 5.56 Å². The fraction of sp³-hybridized carbons (Fsp3) is 0.143. The van der Waals surface area contributed by atoms with E-state index in [1.54, 1.807) is 31.2 Å². The van der Waals surface area contributed by atoms with E-state index in [4.69, 9.17) is 0 Å². The van der Waals surface area contributed by atoms with Gasteiger partial charge in [-0.3, -0.25) is 14.4 Å². The van der Waals surface area contributed by atoms with Gasteiger partial charge in [0, 0.05) is 23.7 Å². The number of benzene rings is 2. The summed E-state index contributed by atoms with van der Waals surface area (Å²) in [5.41, 5.74) is 0.664. The lowest BCUT2D eigenvalue weighted by molar-refractivity contribution is -0.385. The molecule has 116 valence electrons. The number of hydrogen-bond donors (Lipinski definition) is 0. The predicted molar refractivity (Wildman–Crippen MR) is 87.6 cm³/mol. The van der Waals surface area contributed by atoms with E-state index in [2.05, 4.69) is 15.9 Å². The molecule has 0 saturated carbocycles. The van der Waals surface area contributed by atoms with Crippen LogP contribution in [-0.4, -0.2) is 20.4 Å². The van der Waals surface area contributed by atoms with E-state index in [1.165, 1.54) is 19.2 Å². The number of nitro groups is 1. The second kappa shape index (κ2) is 6.05. The molecule has 0 atom stereocenters. The number of halogens is 1. The van der Waals surface area contributed by atoms with Crippen LogP contribution in [0.2, 0.25) is 0 Å². The molecular weight excluding hydrogens is 372 g/mol. The van der Waals surface area contributed by atoms with E-state index < -0.39 is 14.9 Å². The molecule has 0 unspecified atom stereocenters. The predicted octanol–water partition coefficient (Wildman–Crippen LogP) is 3.49. The second-order valence-electron chi connectivity index (χ2n) is 4.66. The Morgan fingerprint density at radius 2 is 1.73 bits per heavy atom. The largest absolute Gasteiger partial charge is 0.270 e. The van der Waals surface area contributed by atoms with E-state index in [9.17, 15) is 18.5 Å². The van der Waals surface area contributed by atoms with Crippen LogP contribution in [0.3, 0.4) is 0 Å². The van der Waals surface area contributed by atoms with Crippen LogP contribution in [0.4, 0.5) is 11.4 Å². The van der Waals surface area contributed by atoms with Crippen LogP contribution in [0.25, 0.3) is 0 Å². The average Bonchev–Trinajstić information content (AvgIpc) is 2.47. The number of nitrogens with zero attached hydrogens (tertiary/aromatic N) is 2. The van der Waals surface area contributed by atoms with Crippen molar-refractivity contribution in [1.82, 2.24) is 0 Å². The van der Waals surface area contributed by atoms with Crippen molar-refractivity contribution in [3.8, 4) is 0 Å². The summed E-state index contributed by atoms with van der Waals surface area (Å²) < 4.78 is 27.3. The molecule has 2 aromatic carbocycles. The molecule has 0 aliphatic carbocycles. The van der Waals surface area contributed by atoms with Crippen LogP contribution in [0, 0.1) is 17.0 Å². The van der Waals surface area contributed by atoms with Crippen molar-refractivity contribution in [2.24, 2.45) is 0 Å². The van der Waals surface area contributed by atoms with Gasteiger partial charge in [-0.1, -0.05) is 22.0 Å². The minimum absolute atomic E-state index is 0.0767. The van der Waals surface area contributed by atoms with E-state index in [0.29, 0.717) is 11.3 Å². The summed E-state index contributed by atoms with van der Waals surface area (Å²) in [6.07, 6.45) is 0. The molecule has 0 spiro atoms. The third kappa shape index (κ3) is 3.12. The number of non-ortho nitro benzene ring substituents is 1. The number of hydrogen-bond acceptors (Lipinski definition) is 4. The van der Waals surface area contributed by atoms with Crippen molar-refractivity contribution >= 4 is 37.3 Å². The Morgan fingerprint density at radius 3 is 2.27 bits per heavy atom. The molecule has 0 N–H and O–H groups in total. The fourth-order valence-corrected chi connectivity index (χ4v) is 3.62. The number of sulfonamides is 1. The van der Waals surface area contributed by atoms with Gasteiger partial charge in [0.15, 0.2) is 0 Å². The maximum Gasteiger partial charge on any atom is 0.270 e. The zero-order valence-corrected chi connectivity index (χ0v) is 14.3. The van der Waals surface area contributed by atoms with Crippen LogP contribution in [0.5, 0.6) is 0 Å². The third-order valence-electron chi connectivity index (χ3n) is 3.21. The molecule has 0 fully saturated rings. The molecule has 0 saturated heterocycles. The number of rotatable bonds is 4. The Morgan fingerprint density at radius 1 is 1.14 bits per heavy atom. The van der Waals surface area contributed by atoms with Crippen LogP contribution < -0.4 is 4.31 Å². The van der Waals surface area contributed by atoms with E-state index in [1.807, 2.05) is 0 Å². The highest BCUT2D eigenvalue weighted by molar-refractivity contribution is 9.10. The average molecular weight is 385 g/mol. The first-order chi connectivity index (χ1) is 10.2. The molecule has 0 aliphatic rings. The van der Waals surface area contributed by atoms with E-state index in [-0.39, 0.29) is 10.6 Å². The highest BCUT2D eigenvalue weighted by Gasteiger charge is 2.25. The second-order valence-corrected chi connectivity index (χ2v) is 7.51. The zero-order valence-electron chi connectivity index (χ0n) is 11.9. The van der Waals surface area contributed by atoms with E-state index >= 15 is 0 Å². The molecule has 0 bridgehead atoms. The van der Waals surface area contributed by atoms with Gasteiger partial charge in [-0.25, -0.2) is 8.42 Å². The summed E-state index contributed by atoms with van der Waals surface area (Å²) >= 11 is 3.28. The summed E-state index contributed by atoms with van der Waals surface area (Å²) in [7, 11) is -2.46. The molecule has 0 heterocycles. The molecule has 0 aliphatic heterocycles. The van der Waals surface area contributed by atoms with Gasteiger partial charge in [0.1, 0.15) is 0 Å². The normalized spacial score (nSPS) is 11.2. The summed E-state index contributed by atoms with van der Waals surface area (Å²) in [5, 5.41) is 10.9. The minimum atomic E-state index is -3.88. The molecule has 6 nitrogen and oxygen atoms in total. The minimum Gasteiger partial charge on any atom is -0.269 e. The summed E-state index contributed by atoms with van der Waals surface area (Å²) in [5.74, 6) is 0. The van der Waals surface area contributed by atoms with Gasteiger partial charge in [0.05, 0.1) is 15.5 Å². The lowest BCUT2D eigenvalue weighted by Crippen LogP contribution is -2.27. The van der Waals surface area contributed by atoms with Crippen LogP contribution in [0.15, 0.2) is 51.8 Å². The first kappa shape index (κ1) is 16.4. The Kier molecular flexibility index (Phi) is 4.52. The molecule has 2 rings (SSSR count). The van der Waals surface area contributed by atoms with Crippen molar-refractivity contribution in [3.63, 3.8) is 0 Å². The first-order valence-corrected chi connectivity index (χ1v) is 8.46. The highest BCUT2D eigenvalue weighted by Crippen LogP contribution is 2.28. The maximum absolute atomic E-state index is 12.7. The fourth-order valence-electron chi connectivity index (χ4n) is 1.92.